The zero-order chi connectivity index (χ0) is 17.0. The van der Waals surface area contributed by atoms with Gasteiger partial charge in [0.2, 0.25) is 0 Å². The molecule has 0 spiro atoms. The largest absolute Gasteiger partial charge is 0.512 e. The molecule has 0 radical (unpaired) electrons. The normalized spacial score (nSPS) is 19.5. The molecule has 1 rings (SSSR count). The number of halogens is 1. The molecule has 22 heavy (non-hydrogen) atoms. The first kappa shape index (κ1) is 19.2. The van der Waals surface area contributed by atoms with Crippen molar-refractivity contribution < 1.29 is 14.3 Å². The Hall–Kier alpha value is -0.860. The van der Waals surface area contributed by atoms with Gasteiger partial charge in [0.1, 0.15) is 5.67 Å². The fourth-order valence-corrected chi connectivity index (χ4v) is 3.53. The van der Waals surface area contributed by atoms with Crippen molar-refractivity contribution in [3.05, 3.63) is 11.8 Å². The number of carbonyl (C=O) groups is 1. The summed E-state index contributed by atoms with van der Waals surface area (Å²) >= 11 is 0. The molecule has 1 fully saturated rings. The second kappa shape index (κ2) is 7.61. The van der Waals surface area contributed by atoms with E-state index in [1.54, 1.807) is 0 Å². The second-order valence-corrected chi connectivity index (χ2v) is 8.20. The van der Waals surface area contributed by atoms with Crippen molar-refractivity contribution in [2.75, 3.05) is 0 Å². The van der Waals surface area contributed by atoms with Crippen LogP contribution in [0.25, 0.3) is 0 Å². The molecule has 0 saturated heterocycles. The number of hydrogen-bond acceptors (Lipinski definition) is 2. The highest BCUT2D eigenvalue weighted by Gasteiger charge is 2.32. The lowest BCUT2D eigenvalue weighted by molar-refractivity contribution is -0.123. The Morgan fingerprint density at radius 3 is 2.27 bits per heavy atom. The highest BCUT2D eigenvalue weighted by Crippen LogP contribution is 2.37. The molecular weight excluding hydrogens is 279 g/mol. The van der Waals surface area contributed by atoms with Crippen molar-refractivity contribution >= 4 is 5.78 Å². The highest BCUT2D eigenvalue weighted by atomic mass is 19.1. The van der Waals surface area contributed by atoms with Crippen LogP contribution in [0.15, 0.2) is 11.8 Å². The third-order valence-corrected chi connectivity index (χ3v) is 4.86. The number of alkyl halides is 1. The van der Waals surface area contributed by atoms with Gasteiger partial charge in [0.05, 0.1) is 5.76 Å². The van der Waals surface area contributed by atoms with Gasteiger partial charge in [-0.15, -0.1) is 0 Å². The van der Waals surface area contributed by atoms with E-state index in [2.05, 4.69) is 0 Å². The van der Waals surface area contributed by atoms with E-state index in [0.717, 1.165) is 6.42 Å². The molecule has 3 heteroatoms. The van der Waals surface area contributed by atoms with Gasteiger partial charge in [-0.2, -0.15) is 0 Å². The molecule has 0 aromatic carbocycles. The maximum absolute atomic E-state index is 13.8. The smallest absolute Gasteiger partial charge is 0.164 e. The van der Waals surface area contributed by atoms with Gasteiger partial charge in [0.15, 0.2) is 5.78 Å². The first-order valence-electron chi connectivity index (χ1n) is 8.69. The van der Waals surface area contributed by atoms with Gasteiger partial charge in [-0.25, -0.2) is 4.39 Å². The van der Waals surface area contributed by atoms with E-state index in [4.69, 9.17) is 0 Å². The van der Waals surface area contributed by atoms with E-state index >= 15 is 0 Å². The highest BCUT2D eigenvalue weighted by molar-refractivity contribution is 5.94. The van der Waals surface area contributed by atoms with Crippen LogP contribution < -0.4 is 0 Å². The van der Waals surface area contributed by atoms with Crippen LogP contribution in [0.1, 0.15) is 79.6 Å². The molecule has 1 atom stereocenters. The summed E-state index contributed by atoms with van der Waals surface area (Å²) in [6.45, 7) is 8.84. The van der Waals surface area contributed by atoms with Gasteiger partial charge < -0.3 is 5.11 Å². The third-order valence-electron chi connectivity index (χ3n) is 4.86. The van der Waals surface area contributed by atoms with E-state index in [1.165, 1.54) is 45.6 Å². The summed E-state index contributed by atoms with van der Waals surface area (Å²) in [6, 6.07) is 0. The van der Waals surface area contributed by atoms with Gasteiger partial charge in [-0.05, 0) is 39.0 Å². The number of rotatable bonds is 8. The van der Waals surface area contributed by atoms with E-state index in [9.17, 15) is 14.3 Å². The minimum Gasteiger partial charge on any atom is -0.512 e. The van der Waals surface area contributed by atoms with Gasteiger partial charge in [-0.1, -0.05) is 46.5 Å². The Labute approximate surface area is 135 Å². The van der Waals surface area contributed by atoms with Gasteiger partial charge in [0.25, 0.3) is 0 Å². The SMILES string of the molecule is CCC(CC(C)(C)F)/C(O)=C/C(=O)C(C)(C)CC1CCCC1. The molecule has 0 amide bonds. The average molecular weight is 312 g/mol. The van der Waals surface area contributed by atoms with Crippen molar-refractivity contribution in [3.8, 4) is 0 Å². The van der Waals surface area contributed by atoms with Crippen LogP contribution in [0.3, 0.4) is 0 Å². The lowest BCUT2D eigenvalue weighted by atomic mass is 9.78. The molecule has 1 unspecified atom stereocenters. The van der Waals surface area contributed by atoms with Crippen molar-refractivity contribution in [2.45, 2.75) is 85.2 Å². The van der Waals surface area contributed by atoms with Crippen LogP contribution in [0.5, 0.6) is 0 Å². The number of carbonyl (C=O) groups excluding carboxylic acids is 1. The Bertz CT molecular complexity index is 398. The summed E-state index contributed by atoms with van der Waals surface area (Å²) < 4.78 is 13.8. The predicted molar refractivity (Wildman–Crippen MR) is 89.7 cm³/mol. The molecule has 1 saturated carbocycles. The summed E-state index contributed by atoms with van der Waals surface area (Å²) in [5.41, 5.74) is -1.79. The molecule has 0 heterocycles. The Morgan fingerprint density at radius 2 is 1.82 bits per heavy atom. The zero-order valence-corrected chi connectivity index (χ0v) is 14.9. The molecule has 128 valence electrons. The lowest BCUT2D eigenvalue weighted by Gasteiger charge is -2.26. The third kappa shape index (κ3) is 6.10. The zero-order valence-electron chi connectivity index (χ0n) is 14.9. The first-order chi connectivity index (χ1) is 10.0. The predicted octanol–water partition coefficient (Wildman–Crippen LogP) is 5.77. The van der Waals surface area contributed by atoms with Crippen molar-refractivity contribution in [3.63, 3.8) is 0 Å². The van der Waals surface area contributed by atoms with Crippen LogP contribution >= 0.6 is 0 Å². The first-order valence-corrected chi connectivity index (χ1v) is 8.69. The van der Waals surface area contributed by atoms with Crippen LogP contribution in [0, 0.1) is 17.3 Å². The van der Waals surface area contributed by atoms with Crippen LogP contribution in [-0.2, 0) is 4.79 Å². The van der Waals surface area contributed by atoms with Crippen molar-refractivity contribution in [2.24, 2.45) is 17.3 Å². The van der Waals surface area contributed by atoms with E-state index < -0.39 is 11.1 Å². The minimum absolute atomic E-state index is 0.0352. The fourth-order valence-electron chi connectivity index (χ4n) is 3.53. The molecule has 1 aliphatic rings. The second-order valence-electron chi connectivity index (χ2n) is 8.20. The molecule has 1 aliphatic carbocycles. The molecule has 1 N–H and O–H groups in total. The molecule has 0 aromatic heterocycles. The van der Waals surface area contributed by atoms with Gasteiger partial charge in [-0.3, -0.25) is 4.79 Å². The number of ketones is 1. The Morgan fingerprint density at radius 1 is 1.27 bits per heavy atom. The Balaban J connectivity index is 2.72. The van der Waals surface area contributed by atoms with E-state index in [1.807, 2.05) is 20.8 Å². The van der Waals surface area contributed by atoms with Crippen LogP contribution in [0.4, 0.5) is 4.39 Å². The molecule has 0 aliphatic heterocycles. The lowest BCUT2D eigenvalue weighted by Crippen LogP contribution is -2.26. The van der Waals surface area contributed by atoms with Crippen molar-refractivity contribution in [1.82, 2.24) is 0 Å². The number of aliphatic hydroxyl groups is 1. The van der Waals surface area contributed by atoms with Gasteiger partial charge in [0, 0.05) is 17.4 Å². The standard InChI is InChI=1S/C19H33FO2/c1-6-15(13-19(4,5)20)16(21)11-17(22)18(2,3)12-14-9-7-8-10-14/h11,14-15,21H,6-10,12-13H2,1-5H3/b16-11-. The van der Waals surface area contributed by atoms with Crippen molar-refractivity contribution in [1.29, 1.82) is 0 Å². The molecule has 0 bridgehead atoms. The summed E-state index contributed by atoms with van der Waals surface area (Å²) in [7, 11) is 0. The summed E-state index contributed by atoms with van der Waals surface area (Å²) in [6.07, 6.45) is 8.04. The quantitative estimate of drug-likeness (QED) is 0.456. The summed E-state index contributed by atoms with van der Waals surface area (Å²) in [4.78, 5) is 12.5. The van der Waals surface area contributed by atoms with Crippen LogP contribution in [-0.4, -0.2) is 16.6 Å². The number of hydrogen-bond donors (Lipinski definition) is 1. The fraction of sp³-hybridized carbons (Fsp3) is 0.842. The van der Waals surface area contributed by atoms with Crippen LogP contribution in [0.2, 0.25) is 0 Å². The average Bonchev–Trinajstić information content (AvgIpc) is 2.86. The maximum Gasteiger partial charge on any atom is 0.164 e. The number of allylic oxidation sites excluding steroid dienone is 2. The van der Waals surface area contributed by atoms with Gasteiger partial charge >= 0.3 is 0 Å². The summed E-state index contributed by atoms with van der Waals surface area (Å²) in [5.74, 6) is 0.345. The topological polar surface area (TPSA) is 37.3 Å². The van der Waals surface area contributed by atoms with E-state index in [0.29, 0.717) is 12.3 Å². The maximum atomic E-state index is 13.8. The minimum atomic E-state index is -1.34. The Kier molecular flexibility index (Phi) is 6.64. The molecule has 2 nitrogen and oxygen atoms in total. The molecular formula is C19H33FO2. The number of aliphatic hydroxyl groups excluding tert-OH is 1. The monoisotopic (exact) mass is 312 g/mol. The summed E-state index contributed by atoms with van der Waals surface area (Å²) in [5, 5.41) is 10.2. The van der Waals surface area contributed by atoms with E-state index in [-0.39, 0.29) is 23.9 Å². The molecule has 0 aromatic rings.